The number of nitrogens with one attached hydrogen (secondary N) is 2. The molecule has 27 heavy (non-hydrogen) atoms. The van der Waals surface area contributed by atoms with Crippen molar-refractivity contribution in [3.8, 4) is 0 Å². The Morgan fingerprint density at radius 1 is 1.00 bits per heavy atom. The predicted molar refractivity (Wildman–Crippen MR) is 106 cm³/mol. The van der Waals surface area contributed by atoms with E-state index in [4.69, 9.17) is 0 Å². The van der Waals surface area contributed by atoms with Crippen LogP contribution in [-0.4, -0.2) is 22.9 Å². The van der Waals surface area contributed by atoms with E-state index in [0.29, 0.717) is 17.8 Å². The molecule has 1 aromatic rings. The third kappa shape index (κ3) is 6.08. The van der Waals surface area contributed by atoms with Gasteiger partial charge >= 0.3 is 5.97 Å². The minimum Gasteiger partial charge on any atom is -0.481 e. The van der Waals surface area contributed by atoms with Crippen molar-refractivity contribution in [3.05, 3.63) is 23.8 Å². The van der Waals surface area contributed by atoms with Crippen LogP contribution >= 0.6 is 0 Å². The summed E-state index contributed by atoms with van der Waals surface area (Å²) in [7, 11) is 0. The summed E-state index contributed by atoms with van der Waals surface area (Å²) in [5.74, 6) is -1.06. The summed E-state index contributed by atoms with van der Waals surface area (Å²) in [6.45, 7) is 3.80. The van der Waals surface area contributed by atoms with Crippen LogP contribution in [0.3, 0.4) is 0 Å². The van der Waals surface area contributed by atoms with Crippen molar-refractivity contribution in [2.75, 3.05) is 10.6 Å². The maximum Gasteiger partial charge on any atom is 0.303 e. The molecule has 0 atom stereocenters. The van der Waals surface area contributed by atoms with Gasteiger partial charge in [-0.3, -0.25) is 14.4 Å². The average Bonchev–Trinajstić information content (AvgIpc) is 2.58. The van der Waals surface area contributed by atoms with E-state index in [1.807, 2.05) is 19.9 Å². The van der Waals surface area contributed by atoms with Crippen LogP contribution in [0.5, 0.6) is 0 Å². The molecule has 2 amide bonds. The highest BCUT2D eigenvalue weighted by Crippen LogP contribution is 2.42. The molecule has 2 rings (SSSR count). The summed E-state index contributed by atoms with van der Waals surface area (Å²) in [6, 6.07) is 5.40. The van der Waals surface area contributed by atoms with E-state index >= 15 is 0 Å². The summed E-state index contributed by atoms with van der Waals surface area (Å²) >= 11 is 0. The van der Waals surface area contributed by atoms with Gasteiger partial charge in [0.05, 0.1) is 6.42 Å². The predicted octanol–water partition coefficient (Wildman–Crippen LogP) is 4.49. The molecule has 1 aliphatic carbocycles. The monoisotopic (exact) mass is 374 g/mol. The van der Waals surface area contributed by atoms with Crippen molar-refractivity contribution in [1.82, 2.24) is 0 Å². The zero-order valence-electron chi connectivity index (χ0n) is 16.3. The van der Waals surface area contributed by atoms with Gasteiger partial charge in [-0.1, -0.05) is 32.3 Å². The molecule has 0 aromatic heterocycles. The first kappa shape index (κ1) is 20.9. The maximum atomic E-state index is 12.7. The summed E-state index contributed by atoms with van der Waals surface area (Å²) in [5.41, 5.74) is 1.68. The first-order valence-electron chi connectivity index (χ1n) is 9.76. The fourth-order valence-corrected chi connectivity index (χ4v) is 3.92. The molecule has 1 aliphatic rings. The van der Waals surface area contributed by atoms with E-state index in [2.05, 4.69) is 10.6 Å². The lowest BCUT2D eigenvalue weighted by molar-refractivity contribution is -0.141. The third-order valence-corrected chi connectivity index (χ3v) is 5.34. The third-order valence-electron chi connectivity index (χ3n) is 5.34. The van der Waals surface area contributed by atoms with Crippen LogP contribution < -0.4 is 10.6 Å². The summed E-state index contributed by atoms with van der Waals surface area (Å²) in [6.07, 6.45) is 6.06. The van der Waals surface area contributed by atoms with E-state index < -0.39 is 11.4 Å². The number of carboxylic acid groups (broad SMARTS) is 1. The Bertz CT molecular complexity index is 693. The van der Waals surface area contributed by atoms with Gasteiger partial charge in [0, 0.05) is 24.2 Å². The molecule has 0 aliphatic heterocycles. The Morgan fingerprint density at radius 3 is 2.15 bits per heavy atom. The highest BCUT2D eigenvalue weighted by molar-refractivity contribution is 5.96. The maximum absolute atomic E-state index is 12.7. The molecule has 0 heterocycles. The number of amides is 2. The number of carbonyl (C=O) groups is 3. The van der Waals surface area contributed by atoms with Crippen molar-refractivity contribution in [1.29, 1.82) is 0 Å². The van der Waals surface area contributed by atoms with Crippen LogP contribution in [0.4, 0.5) is 11.4 Å². The van der Waals surface area contributed by atoms with E-state index in [-0.39, 0.29) is 24.7 Å². The summed E-state index contributed by atoms with van der Waals surface area (Å²) in [5, 5.41) is 15.1. The van der Waals surface area contributed by atoms with Crippen LogP contribution in [0.1, 0.15) is 70.3 Å². The van der Waals surface area contributed by atoms with Gasteiger partial charge < -0.3 is 15.7 Å². The van der Waals surface area contributed by atoms with Crippen LogP contribution in [0.2, 0.25) is 0 Å². The largest absolute Gasteiger partial charge is 0.481 e. The van der Waals surface area contributed by atoms with Crippen LogP contribution in [0, 0.1) is 12.3 Å². The van der Waals surface area contributed by atoms with Gasteiger partial charge in [0.1, 0.15) is 0 Å². The smallest absolute Gasteiger partial charge is 0.303 e. The van der Waals surface area contributed by atoms with E-state index in [0.717, 1.165) is 44.1 Å². The normalized spacial score (nSPS) is 15.8. The van der Waals surface area contributed by atoms with Crippen molar-refractivity contribution >= 4 is 29.2 Å². The molecule has 6 nitrogen and oxygen atoms in total. The molecule has 3 N–H and O–H groups in total. The molecular weight excluding hydrogens is 344 g/mol. The SMILES string of the molecule is CCCC(=O)Nc1cccc(NC(=O)CC2(CC(=O)O)CCCCC2)c1C. The Hall–Kier alpha value is -2.37. The van der Waals surface area contributed by atoms with Gasteiger partial charge in [-0.2, -0.15) is 0 Å². The number of aliphatic carboxylic acids is 1. The molecule has 1 fully saturated rings. The molecule has 1 saturated carbocycles. The zero-order chi connectivity index (χ0) is 19.9. The molecule has 0 spiro atoms. The summed E-state index contributed by atoms with van der Waals surface area (Å²) < 4.78 is 0. The van der Waals surface area contributed by atoms with Crippen molar-refractivity contribution in [2.24, 2.45) is 5.41 Å². The van der Waals surface area contributed by atoms with Crippen molar-refractivity contribution < 1.29 is 19.5 Å². The Morgan fingerprint density at radius 2 is 1.59 bits per heavy atom. The molecule has 0 unspecified atom stereocenters. The van der Waals surface area contributed by atoms with Crippen molar-refractivity contribution in [3.63, 3.8) is 0 Å². The molecule has 0 bridgehead atoms. The number of hydrogen-bond acceptors (Lipinski definition) is 3. The molecular formula is C21H30N2O4. The van der Waals surface area contributed by atoms with Gasteiger partial charge in [-0.25, -0.2) is 0 Å². The summed E-state index contributed by atoms with van der Waals surface area (Å²) in [4.78, 5) is 35.8. The molecule has 1 aromatic carbocycles. The van der Waals surface area contributed by atoms with Crippen LogP contribution in [0.15, 0.2) is 18.2 Å². The zero-order valence-corrected chi connectivity index (χ0v) is 16.3. The second-order valence-corrected chi connectivity index (χ2v) is 7.63. The van der Waals surface area contributed by atoms with E-state index in [9.17, 15) is 19.5 Å². The van der Waals surface area contributed by atoms with Gasteiger partial charge in [0.25, 0.3) is 0 Å². The first-order valence-corrected chi connectivity index (χ1v) is 9.76. The molecule has 148 valence electrons. The minimum absolute atomic E-state index is 0.0342. The van der Waals surface area contributed by atoms with Crippen LogP contribution in [-0.2, 0) is 14.4 Å². The molecule has 0 radical (unpaired) electrons. The van der Waals surface area contributed by atoms with Gasteiger partial charge in [0.2, 0.25) is 11.8 Å². The number of carbonyl (C=O) groups excluding carboxylic acids is 2. The number of carboxylic acids is 1. The van der Waals surface area contributed by atoms with Gasteiger partial charge in [0.15, 0.2) is 0 Å². The Kier molecular flexibility index (Phi) is 7.39. The lowest BCUT2D eigenvalue weighted by Crippen LogP contribution is -2.32. The fraction of sp³-hybridized carbons (Fsp3) is 0.571. The standard InChI is InChI=1S/C21H30N2O4/c1-3-8-18(24)22-16-9-7-10-17(15(16)2)23-19(25)13-21(14-20(26)27)11-5-4-6-12-21/h7,9-10H,3-6,8,11-14H2,1-2H3,(H,22,24)(H,23,25)(H,26,27). The fourth-order valence-electron chi connectivity index (χ4n) is 3.92. The van der Waals surface area contributed by atoms with Crippen LogP contribution in [0.25, 0.3) is 0 Å². The van der Waals surface area contributed by atoms with E-state index in [1.165, 1.54) is 0 Å². The number of hydrogen-bond donors (Lipinski definition) is 3. The topological polar surface area (TPSA) is 95.5 Å². The lowest BCUT2D eigenvalue weighted by atomic mass is 9.69. The Labute approximate surface area is 160 Å². The molecule has 0 saturated heterocycles. The van der Waals surface area contributed by atoms with Crippen molar-refractivity contribution in [2.45, 2.75) is 71.6 Å². The average molecular weight is 374 g/mol. The van der Waals surface area contributed by atoms with Gasteiger partial charge in [-0.05, 0) is 49.3 Å². The minimum atomic E-state index is -0.846. The Balaban J connectivity index is 2.08. The highest BCUT2D eigenvalue weighted by Gasteiger charge is 2.36. The number of benzene rings is 1. The molecule has 6 heteroatoms. The number of rotatable bonds is 8. The second-order valence-electron chi connectivity index (χ2n) is 7.63. The number of anilines is 2. The first-order chi connectivity index (χ1) is 12.8. The van der Waals surface area contributed by atoms with E-state index in [1.54, 1.807) is 12.1 Å². The lowest BCUT2D eigenvalue weighted by Gasteiger charge is -2.35. The highest BCUT2D eigenvalue weighted by atomic mass is 16.4. The second kappa shape index (κ2) is 9.53. The van der Waals surface area contributed by atoms with Gasteiger partial charge in [-0.15, -0.1) is 0 Å². The quantitative estimate of drug-likeness (QED) is 0.625.